The first-order chi connectivity index (χ1) is 10.8. The van der Waals surface area contributed by atoms with Crippen molar-refractivity contribution in [2.75, 3.05) is 19.8 Å². The Morgan fingerprint density at radius 1 is 1.09 bits per heavy atom. The highest BCUT2D eigenvalue weighted by atomic mass is 16.5. The second-order valence-electron chi connectivity index (χ2n) is 4.33. The predicted octanol–water partition coefficient (Wildman–Crippen LogP) is 1.43. The van der Waals surface area contributed by atoms with Crippen LogP contribution >= 0.6 is 0 Å². The number of hydrogen-bond acceptors (Lipinski definition) is 5. The van der Waals surface area contributed by atoms with Gasteiger partial charge >= 0.3 is 5.97 Å². The zero-order chi connectivity index (χ0) is 15.6. The van der Waals surface area contributed by atoms with E-state index >= 15 is 0 Å². The second-order valence-corrected chi connectivity index (χ2v) is 4.33. The van der Waals surface area contributed by atoms with Crippen LogP contribution in [0.25, 0.3) is 0 Å². The van der Waals surface area contributed by atoms with Crippen molar-refractivity contribution in [3.05, 3.63) is 60.4 Å². The molecule has 6 nitrogen and oxygen atoms in total. The topological polar surface area (TPSA) is 77.5 Å². The highest BCUT2D eigenvalue weighted by Gasteiger charge is 2.07. The Balaban J connectivity index is 1.60. The summed E-state index contributed by atoms with van der Waals surface area (Å²) in [7, 11) is 0. The van der Waals surface area contributed by atoms with Gasteiger partial charge in [-0.25, -0.2) is 4.79 Å². The molecule has 0 saturated carbocycles. The Bertz CT molecular complexity index is 602. The van der Waals surface area contributed by atoms with E-state index in [4.69, 9.17) is 9.47 Å². The number of nitrogens with zero attached hydrogens (tertiary/aromatic N) is 1. The first-order valence-corrected chi connectivity index (χ1v) is 6.77. The van der Waals surface area contributed by atoms with Crippen LogP contribution < -0.4 is 10.1 Å². The third-order valence-corrected chi connectivity index (χ3v) is 2.67. The Morgan fingerprint density at radius 2 is 1.91 bits per heavy atom. The summed E-state index contributed by atoms with van der Waals surface area (Å²) in [5, 5.41) is 2.60. The van der Waals surface area contributed by atoms with Crippen molar-refractivity contribution in [3.8, 4) is 5.75 Å². The number of esters is 1. The van der Waals surface area contributed by atoms with Gasteiger partial charge < -0.3 is 14.8 Å². The Kier molecular flexibility index (Phi) is 5.92. The highest BCUT2D eigenvalue weighted by molar-refractivity contribution is 5.88. The summed E-state index contributed by atoms with van der Waals surface area (Å²) in [6.45, 7) is 0.231. The number of rotatable bonds is 7. The van der Waals surface area contributed by atoms with E-state index in [1.54, 1.807) is 30.5 Å². The molecule has 2 aromatic rings. The third-order valence-electron chi connectivity index (χ3n) is 2.67. The van der Waals surface area contributed by atoms with Gasteiger partial charge in [0, 0.05) is 12.4 Å². The summed E-state index contributed by atoms with van der Waals surface area (Å²) in [5.74, 6) is -0.121. The lowest BCUT2D eigenvalue weighted by Gasteiger charge is -2.08. The van der Waals surface area contributed by atoms with Crippen LogP contribution in [0.3, 0.4) is 0 Å². The van der Waals surface area contributed by atoms with Crippen LogP contribution in [0.2, 0.25) is 0 Å². The van der Waals surface area contributed by atoms with Gasteiger partial charge in [-0.2, -0.15) is 0 Å². The fraction of sp³-hybridized carbons (Fsp3) is 0.188. The number of para-hydroxylation sites is 1. The van der Waals surface area contributed by atoms with Gasteiger partial charge in [-0.3, -0.25) is 9.78 Å². The van der Waals surface area contributed by atoms with E-state index in [-0.39, 0.29) is 25.7 Å². The van der Waals surface area contributed by atoms with Gasteiger partial charge in [-0.1, -0.05) is 18.2 Å². The molecule has 0 aliphatic heterocycles. The number of carbonyl (C=O) groups excluding carboxylic acids is 2. The average Bonchev–Trinajstić information content (AvgIpc) is 2.58. The van der Waals surface area contributed by atoms with Crippen molar-refractivity contribution in [2.45, 2.75) is 0 Å². The summed E-state index contributed by atoms with van der Waals surface area (Å²) in [6.07, 6.45) is 3.00. The molecular weight excluding hydrogens is 284 g/mol. The summed E-state index contributed by atoms with van der Waals surface area (Å²) in [4.78, 5) is 27.0. The molecule has 0 spiro atoms. The zero-order valence-corrected chi connectivity index (χ0v) is 11.9. The van der Waals surface area contributed by atoms with E-state index in [1.165, 1.54) is 6.20 Å². The van der Waals surface area contributed by atoms with Gasteiger partial charge in [0.1, 0.15) is 12.4 Å². The summed E-state index contributed by atoms with van der Waals surface area (Å²) < 4.78 is 10.3. The van der Waals surface area contributed by atoms with Gasteiger partial charge in [0.2, 0.25) is 0 Å². The van der Waals surface area contributed by atoms with E-state index in [0.29, 0.717) is 11.3 Å². The molecule has 0 fully saturated rings. The molecule has 1 aromatic carbocycles. The molecular formula is C16H16N2O4. The third kappa shape index (κ3) is 5.24. The molecule has 0 unspecified atom stereocenters. The van der Waals surface area contributed by atoms with Crippen molar-refractivity contribution in [1.29, 1.82) is 0 Å². The van der Waals surface area contributed by atoms with Crippen LogP contribution in [-0.2, 0) is 9.53 Å². The first kappa shape index (κ1) is 15.5. The fourth-order valence-corrected chi connectivity index (χ4v) is 1.62. The standard InChI is InChI=1S/C16H16N2O4/c19-15(12-22-14-6-2-1-3-7-14)18-9-10-21-16(20)13-5-4-8-17-11-13/h1-8,11H,9-10,12H2,(H,18,19). The van der Waals surface area contributed by atoms with Gasteiger partial charge in [0.25, 0.3) is 5.91 Å². The molecule has 0 bridgehead atoms. The molecule has 22 heavy (non-hydrogen) atoms. The minimum absolute atomic E-state index is 0.0828. The molecule has 1 N–H and O–H groups in total. The van der Waals surface area contributed by atoms with Gasteiger partial charge in [-0.05, 0) is 24.3 Å². The SMILES string of the molecule is O=C(COc1ccccc1)NCCOC(=O)c1cccnc1. The normalized spacial score (nSPS) is 9.82. The average molecular weight is 300 g/mol. The molecule has 2 rings (SSSR count). The Hall–Kier alpha value is -2.89. The first-order valence-electron chi connectivity index (χ1n) is 6.77. The number of aromatic nitrogens is 1. The number of pyridine rings is 1. The summed E-state index contributed by atoms with van der Waals surface area (Å²) in [6, 6.07) is 12.3. The summed E-state index contributed by atoms with van der Waals surface area (Å²) in [5.41, 5.74) is 0.376. The molecule has 0 saturated heterocycles. The molecule has 1 amide bonds. The lowest BCUT2D eigenvalue weighted by molar-refractivity contribution is -0.123. The molecule has 1 heterocycles. The fourth-order valence-electron chi connectivity index (χ4n) is 1.62. The van der Waals surface area contributed by atoms with E-state index in [1.807, 2.05) is 18.2 Å². The van der Waals surface area contributed by atoms with E-state index in [0.717, 1.165) is 0 Å². The lowest BCUT2D eigenvalue weighted by atomic mass is 10.3. The van der Waals surface area contributed by atoms with Gasteiger partial charge in [-0.15, -0.1) is 0 Å². The van der Waals surface area contributed by atoms with Gasteiger partial charge in [0.15, 0.2) is 6.61 Å². The maximum Gasteiger partial charge on any atom is 0.339 e. The maximum absolute atomic E-state index is 11.6. The molecule has 1 aromatic heterocycles. The Labute approximate surface area is 128 Å². The number of nitrogens with one attached hydrogen (secondary N) is 1. The molecule has 0 atom stereocenters. The largest absolute Gasteiger partial charge is 0.484 e. The number of carbonyl (C=O) groups is 2. The molecule has 114 valence electrons. The summed E-state index contributed by atoms with van der Waals surface area (Å²) >= 11 is 0. The van der Waals surface area contributed by atoms with Crippen LogP contribution in [0.1, 0.15) is 10.4 Å². The van der Waals surface area contributed by atoms with Crippen LogP contribution in [0.5, 0.6) is 5.75 Å². The van der Waals surface area contributed by atoms with Crippen LogP contribution in [0, 0.1) is 0 Å². The quantitative estimate of drug-likeness (QED) is 0.618. The number of ether oxygens (including phenoxy) is 2. The van der Waals surface area contributed by atoms with Crippen molar-refractivity contribution in [2.24, 2.45) is 0 Å². The van der Waals surface area contributed by atoms with Crippen molar-refractivity contribution >= 4 is 11.9 Å². The van der Waals surface area contributed by atoms with Gasteiger partial charge in [0.05, 0.1) is 12.1 Å². The van der Waals surface area contributed by atoms with Crippen LogP contribution in [0.15, 0.2) is 54.9 Å². The minimum Gasteiger partial charge on any atom is -0.484 e. The number of amides is 1. The van der Waals surface area contributed by atoms with E-state index in [2.05, 4.69) is 10.3 Å². The van der Waals surface area contributed by atoms with Crippen molar-refractivity contribution in [1.82, 2.24) is 10.3 Å². The Morgan fingerprint density at radius 3 is 2.64 bits per heavy atom. The second kappa shape index (κ2) is 8.41. The molecule has 6 heteroatoms. The lowest BCUT2D eigenvalue weighted by Crippen LogP contribution is -2.32. The van der Waals surface area contributed by atoms with Crippen LogP contribution in [0.4, 0.5) is 0 Å². The molecule has 0 radical (unpaired) electrons. The predicted molar refractivity (Wildman–Crippen MR) is 79.5 cm³/mol. The monoisotopic (exact) mass is 300 g/mol. The zero-order valence-electron chi connectivity index (χ0n) is 11.9. The van der Waals surface area contributed by atoms with Crippen molar-refractivity contribution < 1.29 is 19.1 Å². The minimum atomic E-state index is -0.470. The van der Waals surface area contributed by atoms with E-state index in [9.17, 15) is 9.59 Å². The van der Waals surface area contributed by atoms with E-state index < -0.39 is 5.97 Å². The van der Waals surface area contributed by atoms with Crippen molar-refractivity contribution in [3.63, 3.8) is 0 Å². The molecule has 0 aliphatic carbocycles. The number of hydrogen-bond donors (Lipinski definition) is 1. The number of benzene rings is 1. The smallest absolute Gasteiger partial charge is 0.339 e. The maximum atomic E-state index is 11.6. The van der Waals surface area contributed by atoms with Crippen LogP contribution in [-0.4, -0.2) is 36.6 Å². The molecule has 0 aliphatic rings. The highest BCUT2D eigenvalue weighted by Crippen LogP contribution is 2.07.